The van der Waals surface area contributed by atoms with E-state index in [1.165, 1.54) is 0 Å². The highest BCUT2D eigenvalue weighted by molar-refractivity contribution is 7.89. The second-order valence-electron chi connectivity index (χ2n) is 4.93. The molecule has 1 aromatic carbocycles. The number of nitrogens with one attached hydrogen (secondary N) is 1. The van der Waals surface area contributed by atoms with Crippen LogP contribution < -0.4 is 5.32 Å². The third-order valence-electron chi connectivity index (χ3n) is 3.70. The normalized spacial score (nSPS) is 20.8. The zero-order valence-corrected chi connectivity index (χ0v) is 12.4. The maximum atomic E-state index is 12.8. The van der Waals surface area contributed by atoms with E-state index in [1.54, 1.807) is 16.4 Å². The minimum absolute atomic E-state index is 0.0833. The summed E-state index contributed by atoms with van der Waals surface area (Å²) in [6, 6.07) is 7.40. The zero-order chi connectivity index (χ0) is 13.9. The van der Waals surface area contributed by atoms with Gasteiger partial charge in [0, 0.05) is 19.1 Å². The molecule has 1 heterocycles. The van der Waals surface area contributed by atoms with Crippen molar-refractivity contribution in [3.8, 4) is 0 Å². The molecule has 0 saturated carbocycles. The summed E-state index contributed by atoms with van der Waals surface area (Å²) in [7, 11) is -1.50. The maximum absolute atomic E-state index is 12.8. The van der Waals surface area contributed by atoms with Crippen LogP contribution in [0.15, 0.2) is 29.2 Å². The predicted octanol–water partition coefficient (Wildman–Crippen LogP) is 1.62. The summed E-state index contributed by atoms with van der Waals surface area (Å²) in [5.74, 6) is 0. The van der Waals surface area contributed by atoms with Crippen LogP contribution in [-0.2, 0) is 16.4 Å². The second-order valence-corrected chi connectivity index (χ2v) is 6.79. The van der Waals surface area contributed by atoms with Gasteiger partial charge >= 0.3 is 0 Å². The SMILES string of the molecule is CCc1ccccc1S(=O)(=O)N1CCCC1CNC. The van der Waals surface area contributed by atoms with E-state index >= 15 is 0 Å². The highest BCUT2D eigenvalue weighted by atomic mass is 32.2. The maximum Gasteiger partial charge on any atom is 0.243 e. The molecule has 0 radical (unpaired) electrons. The monoisotopic (exact) mass is 282 g/mol. The molecule has 0 aromatic heterocycles. The van der Waals surface area contributed by atoms with E-state index < -0.39 is 10.0 Å². The molecule has 2 rings (SSSR count). The van der Waals surface area contributed by atoms with E-state index in [1.807, 2.05) is 26.1 Å². The fourth-order valence-corrected chi connectivity index (χ4v) is 4.73. The van der Waals surface area contributed by atoms with Crippen LogP contribution in [0.25, 0.3) is 0 Å². The molecular formula is C14H22N2O2S. The van der Waals surface area contributed by atoms with E-state index in [4.69, 9.17) is 0 Å². The van der Waals surface area contributed by atoms with Crippen molar-refractivity contribution in [2.75, 3.05) is 20.1 Å². The van der Waals surface area contributed by atoms with Crippen LogP contribution in [0, 0.1) is 0 Å². The van der Waals surface area contributed by atoms with Crippen LogP contribution in [0.1, 0.15) is 25.3 Å². The first-order valence-corrected chi connectivity index (χ1v) is 8.29. The van der Waals surface area contributed by atoms with Gasteiger partial charge in [0.2, 0.25) is 10.0 Å². The summed E-state index contributed by atoms with van der Waals surface area (Å²) < 4.78 is 27.3. The van der Waals surface area contributed by atoms with Crippen molar-refractivity contribution in [2.45, 2.75) is 37.1 Å². The van der Waals surface area contributed by atoms with Gasteiger partial charge in [-0.15, -0.1) is 0 Å². The Morgan fingerprint density at radius 3 is 2.79 bits per heavy atom. The van der Waals surface area contributed by atoms with Crippen molar-refractivity contribution >= 4 is 10.0 Å². The number of benzene rings is 1. The van der Waals surface area contributed by atoms with Crippen LogP contribution in [0.2, 0.25) is 0 Å². The molecule has 106 valence electrons. The number of hydrogen-bond acceptors (Lipinski definition) is 3. The van der Waals surface area contributed by atoms with Crippen LogP contribution in [0.4, 0.5) is 0 Å². The van der Waals surface area contributed by atoms with Crippen LogP contribution >= 0.6 is 0 Å². The summed E-state index contributed by atoms with van der Waals surface area (Å²) >= 11 is 0. The van der Waals surface area contributed by atoms with Gasteiger partial charge in [-0.3, -0.25) is 0 Å². The summed E-state index contributed by atoms with van der Waals surface area (Å²) in [6.07, 6.45) is 2.62. The lowest BCUT2D eigenvalue weighted by Crippen LogP contribution is -2.41. The average molecular weight is 282 g/mol. The third-order valence-corrected chi connectivity index (χ3v) is 5.76. The van der Waals surface area contributed by atoms with E-state index in [0.717, 1.165) is 24.8 Å². The van der Waals surface area contributed by atoms with Crippen molar-refractivity contribution < 1.29 is 8.42 Å². The Hall–Kier alpha value is -0.910. The van der Waals surface area contributed by atoms with E-state index in [9.17, 15) is 8.42 Å². The minimum Gasteiger partial charge on any atom is -0.318 e. The molecule has 1 atom stereocenters. The van der Waals surface area contributed by atoms with Gasteiger partial charge in [0.25, 0.3) is 0 Å². The van der Waals surface area contributed by atoms with Gasteiger partial charge in [-0.1, -0.05) is 25.1 Å². The number of hydrogen-bond donors (Lipinski definition) is 1. The largest absolute Gasteiger partial charge is 0.318 e. The molecule has 0 bridgehead atoms. The lowest BCUT2D eigenvalue weighted by molar-refractivity contribution is 0.379. The molecule has 1 unspecified atom stereocenters. The van der Waals surface area contributed by atoms with Crippen LogP contribution in [0.5, 0.6) is 0 Å². The van der Waals surface area contributed by atoms with Gasteiger partial charge < -0.3 is 5.32 Å². The minimum atomic E-state index is -3.36. The first-order valence-electron chi connectivity index (χ1n) is 6.85. The van der Waals surface area contributed by atoms with Crippen molar-refractivity contribution in [3.63, 3.8) is 0 Å². The average Bonchev–Trinajstić information content (AvgIpc) is 2.88. The lowest BCUT2D eigenvalue weighted by atomic mass is 10.2. The summed E-state index contributed by atoms with van der Waals surface area (Å²) in [4.78, 5) is 0.473. The molecule has 1 aliphatic heterocycles. The summed E-state index contributed by atoms with van der Waals surface area (Å²) in [6.45, 7) is 3.34. The summed E-state index contributed by atoms with van der Waals surface area (Å²) in [5, 5.41) is 3.09. The van der Waals surface area contributed by atoms with Gasteiger partial charge in [-0.2, -0.15) is 4.31 Å². The molecule has 19 heavy (non-hydrogen) atoms. The Morgan fingerprint density at radius 1 is 1.37 bits per heavy atom. The molecule has 5 heteroatoms. The Kier molecular flexibility index (Phi) is 4.60. The second kappa shape index (κ2) is 6.03. The predicted molar refractivity (Wildman–Crippen MR) is 76.7 cm³/mol. The fraction of sp³-hybridized carbons (Fsp3) is 0.571. The molecular weight excluding hydrogens is 260 g/mol. The van der Waals surface area contributed by atoms with Crippen molar-refractivity contribution in [3.05, 3.63) is 29.8 Å². The molecule has 1 N–H and O–H groups in total. The first-order chi connectivity index (χ1) is 9.11. The smallest absolute Gasteiger partial charge is 0.243 e. The van der Waals surface area contributed by atoms with E-state index in [-0.39, 0.29) is 6.04 Å². The molecule has 0 aliphatic carbocycles. The van der Waals surface area contributed by atoms with Gasteiger partial charge in [0.15, 0.2) is 0 Å². The standard InChI is InChI=1S/C14H22N2O2S/c1-3-12-7-4-5-9-14(12)19(17,18)16-10-6-8-13(16)11-15-2/h4-5,7,9,13,15H,3,6,8,10-11H2,1-2H3. The molecule has 4 nitrogen and oxygen atoms in total. The molecule has 1 fully saturated rings. The lowest BCUT2D eigenvalue weighted by Gasteiger charge is -2.24. The molecule has 1 aliphatic rings. The Balaban J connectivity index is 2.36. The quantitative estimate of drug-likeness (QED) is 0.893. The van der Waals surface area contributed by atoms with Crippen molar-refractivity contribution in [1.29, 1.82) is 0 Å². The molecule has 0 amide bonds. The van der Waals surface area contributed by atoms with Gasteiger partial charge in [-0.05, 0) is 37.9 Å². The van der Waals surface area contributed by atoms with E-state index in [0.29, 0.717) is 18.0 Å². The number of rotatable bonds is 5. The highest BCUT2D eigenvalue weighted by Gasteiger charge is 2.35. The summed E-state index contributed by atoms with van der Waals surface area (Å²) in [5.41, 5.74) is 0.901. The van der Waals surface area contributed by atoms with E-state index in [2.05, 4.69) is 5.32 Å². The molecule has 1 saturated heterocycles. The number of nitrogens with zero attached hydrogens (tertiary/aromatic N) is 1. The number of sulfonamides is 1. The van der Waals surface area contributed by atoms with Crippen molar-refractivity contribution in [1.82, 2.24) is 9.62 Å². The van der Waals surface area contributed by atoms with Gasteiger partial charge in [0.1, 0.15) is 0 Å². The first kappa shape index (κ1) is 14.5. The third kappa shape index (κ3) is 2.83. The zero-order valence-electron chi connectivity index (χ0n) is 11.6. The van der Waals surface area contributed by atoms with Crippen molar-refractivity contribution in [2.24, 2.45) is 0 Å². The molecule has 0 spiro atoms. The highest BCUT2D eigenvalue weighted by Crippen LogP contribution is 2.27. The fourth-order valence-electron chi connectivity index (χ4n) is 2.74. The Morgan fingerprint density at radius 2 is 2.11 bits per heavy atom. The molecule has 1 aromatic rings. The van der Waals surface area contributed by atoms with Gasteiger partial charge in [-0.25, -0.2) is 8.42 Å². The van der Waals surface area contributed by atoms with Crippen LogP contribution in [0.3, 0.4) is 0 Å². The topological polar surface area (TPSA) is 49.4 Å². The Bertz CT molecular complexity index is 528. The number of likely N-dealkylation sites (N-methyl/N-ethyl adjacent to an activating group) is 1. The van der Waals surface area contributed by atoms with Gasteiger partial charge in [0.05, 0.1) is 4.90 Å². The Labute approximate surface area is 115 Å². The van der Waals surface area contributed by atoms with Crippen LogP contribution in [-0.4, -0.2) is 38.9 Å². The number of aryl methyl sites for hydroxylation is 1.